The van der Waals surface area contributed by atoms with Crippen LogP contribution in [0.25, 0.3) is 0 Å². The van der Waals surface area contributed by atoms with Gasteiger partial charge in [0.25, 0.3) is 0 Å². The number of rotatable bonds is 5. The fourth-order valence-electron chi connectivity index (χ4n) is 2.03. The molecule has 0 bridgehead atoms. The lowest BCUT2D eigenvalue weighted by molar-refractivity contribution is -0.0262. The van der Waals surface area contributed by atoms with Crippen LogP contribution >= 0.6 is 11.3 Å². The Labute approximate surface area is 107 Å². The van der Waals surface area contributed by atoms with Crippen LogP contribution in [0.2, 0.25) is 0 Å². The van der Waals surface area contributed by atoms with Gasteiger partial charge in [-0.25, -0.2) is 4.98 Å². The summed E-state index contributed by atoms with van der Waals surface area (Å²) in [5, 5.41) is 6.66. The van der Waals surface area contributed by atoms with Crippen molar-refractivity contribution in [3.05, 3.63) is 16.6 Å². The fraction of sp³-hybridized carbons (Fsp3) is 0.750. The SMILES string of the molecule is CCN1CCOC(CNC(C)c2nccs2)C1. The Kier molecular flexibility index (Phi) is 4.91. The minimum atomic E-state index is 0.311. The Morgan fingerprint density at radius 2 is 2.59 bits per heavy atom. The number of aromatic nitrogens is 1. The Hall–Kier alpha value is -0.490. The Bertz CT molecular complexity index is 318. The molecule has 2 rings (SSSR count). The van der Waals surface area contributed by atoms with Crippen molar-refractivity contribution >= 4 is 11.3 Å². The van der Waals surface area contributed by atoms with Crippen LogP contribution in [0.15, 0.2) is 11.6 Å². The van der Waals surface area contributed by atoms with Crippen LogP contribution in [0.4, 0.5) is 0 Å². The van der Waals surface area contributed by atoms with Crippen LogP contribution in [0, 0.1) is 0 Å². The molecule has 1 N–H and O–H groups in total. The quantitative estimate of drug-likeness (QED) is 0.865. The average Bonchev–Trinajstić information content (AvgIpc) is 2.90. The number of nitrogens with zero attached hydrogens (tertiary/aromatic N) is 2. The molecule has 0 aliphatic carbocycles. The van der Waals surface area contributed by atoms with Gasteiger partial charge in [-0.05, 0) is 13.5 Å². The molecule has 0 saturated carbocycles. The van der Waals surface area contributed by atoms with Crippen LogP contribution in [-0.2, 0) is 4.74 Å². The summed E-state index contributed by atoms with van der Waals surface area (Å²) in [5.74, 6) is 0. The molecule has 1 aromatic heterocycles. The van der Waals surface area contributed by atoms with Crippen LogP contribution < -0.4 is 5.32 Å². The van der Waals surface area contributed by atoms with Crippen LogP contribution in [0.3, 0.4) is 0 Å². The van der Waals surface area contributed by atoms with Crippen molar-refractivity contribution in [2.45, 2.75) is 26.0 Å². The third kappa shape index (κ3) is 3.74. The molecule has 1 fully saturated rings. The highest BCUT2D eigenvalue weighted by molar-refractivity contribution is 7.09. The van der Waals surface area contributed by atoms with Gasteiger partial charge in [0.15, 0.2) is 0 Å². The molecule has 0 spiro atoms. The van der Waals surface area contributed by atoms with Gasteiger partial charge in [0.1, 0.15) is 5.01 Å². The molecular weight excluding hydrogens is 234 g/mol. The summed E-state index contributed by atoms with van der Waals surface area (Å²) in [4.78, 5) is 6.75. The van der Waals surface area contributed by atoms with Crippen molar-refractivity contribution in [2.24, 2.45) is 0 Å². The molecule has 17 heavy (non-hydrogen) atoms. The van der Waals surface area contributed by atoms with Gasteiger partial charge in [0.05, 0.1) is 18.8 Å². The van der Waals surface area contributed by atoms with E-state index in [0.29, 0.717) is 12.1 Å². The molecular formula is C12H21N3OS. The van der Waals surface area contributed by atoms with Crippen LogP contribution in [0.1, 0.15) is 24.9 Å². The van der Waals surface area contributed by atoms with Crippen molar-refractivity contribution in [1.82, 2.24) is 15.2 Å². The van der Waals surface area contributed by atoms with Crippen LogP contribution in [0.5, 0.6) is 0 Å². The number of hydrogen-bond acceptors (Lipinski definition) is 5. The topological polar surface area (TPSA) is 37.4 Å². The first-order valence-corrected chi connectivity index (χ1v) is 7.14. The Morgan fingerprint density at radius 3 is 3.29 bits per heavy atom. The smallest absolute Gasteiger partial charge is 0.109 e. The van der Waals surface area contributed by atoms with E-state index < -0.39 is 0 Å². The molecule has 4 nitrogen and oxygen atoms in total. The first kappa shape index (κ1) is 13.0. The number of thiazole rings is 1. The highest BCUT2D eigenvalue weighted by Crippen LogP contribution is 2.15. The van der Waals surface area contributed by atoms with Gasteiger partial charge in [0, 0.05) is 31.2 Å². The molecule has 0 radical (unpaired) electrons. The first-order chi connectivity index (χ1) is 8.29. The molecule has 0 aromatic carbocycles. The maximum Gasteiger partial charge on any atom is 0.109 e. The minimum Gasteiger partial charge on any atom is -0.374 e. The predicted molar refractivity (Wildman–Crippen MR) is 70.4 cm³/mol. The number of ether oxygens (including phenoxy) is 1. The molecule has 5 heteroatoms. The van der Waals surface area contributed by atoms with Crippen molar-refractivity contribution in [2.75, 3.05) is 32.8 Å². The van der Waals surface area contributed by atoms with Gasteiger partial charge < -0.3 is 10.1 Å². The fourth-order valence-corrected chi connectivity index (χ4v) is 2.71. The number of nitrogens with one attached hydrogen (secondary N) is 1. The minimum absolute atomic E-state index is 0.311. The average molecular weight is 255 g/mol. The van der Waals surface area contributed by atoms with E-state index in [4.69, 9.17) is 4.74 Å². The molecule has 2 atom stereocenters. The summed E-state index contributed by atoms with van der Waals surface area (Å²) in [7, 11) is 0. The molecule has 2 heterocycles. The van der Waals surface area contributed by atoms with Crippen molar-refractivity contribution in [1.29, 1.82) is 0 Å². The molecule has 1 aliphatic heterocycles. The summed E-state index contributed by atoms with van der Waals surface area (Å²) in [5.41, 5.74) is 0. The molecule has 0 amide bonds. The van der Waals surface area contributed by atoms with E-state index in [9.17, 15) is 0 Å². The lowest BCUT2D eigenvalue weighted by Gasteiger charge is -2.32. The maximum atomic E-state index is 5.76. The van der Waals surface area contributed by atoms with Crippen LogP contribution in [-0.4, -0.2) is 48.8 Å². The standard InChI is InChI=1S/C12H21N3OS/c1-3-15-5-6-16-11(9-15)8-14-10(2)12-13-4-7-17-12/h4,7,10-11,14H,3,5-6,8-9H2,1-2H3. The second-order valence-electron chi connectivity index (χ2n) is 4.39. The van der Waals surface area contributed by atoms with Crippen molar-refractivity contribution in [3.8, 4) is 0 Å². The van der Waals surface area contributed by atoms with Gasteiger partial charge >= 0.3 is 0 Å². The summed E-state index contributed by atoms with van der Waals surface area (Å²) in [6.07, 6.45) is 2.17. The van der Waals surface area contributed by atoms with Crippen molar-refractivity contribution in [3.63, 3.8) is 0 Å². The molecule has 1 aromatic rings. The largest absolute Gasteiger partial charge is 0.374 e. The van der Waals surface area contributed by atoms with Gasteiger partial charge in [0.2, 0.25) is 0 Å². The third-order valence-electron chi connectivity index (χ3n) is 3.14. The van der Waals surface area contributed by atoms with E-state index in [-0.39, 0.29) is 0 Å². The van der Waals surface area contributed by atoms with Crippen molar-refractivity contribution < 1.29 is 4.74 Å². The molecule has 1 saturated heterocycles. The number of likely N-dealkylation sites (N-methyl/N-ethyl adjacent to an activating group) is 1. The van der Waals surface area contributed by atoms with Gasteiger partial charge in [-0.3, -0.25) is 4.90 Å². The predicted octanol–water partition coefficient (Wildman–Crippen LogP) is 1.51. The van der Waals surface area contributed by atoms with Gasteiger partial charge in [-0.2, -0.15) is 0 Å². The summed E-state index contributed by atoms with van der Waals surface area (Å²) in [6, 6.07) is 0.315. The third-order valence-corrected chi connectivity index (χ3v) is 4.10. The summed E-state index contributed by atoms with van der Waals surface area (Å²) >= 11 is 1.70. The number of morpholine rings is 1. The summed E-state index contributed by atoms with van der Waals surface area (Å²) < 4.78 is 5.76. The zero-order chi connectivity index (χ0) is 12.1. The number of hydrogen-bond donors (Lipinski definition) is 1. The molecule has 2 unspecified atom stereocenters. The lowest BCUT2D eigenvalue weighted by Crippen LogP contribution is -2.46. The molecule has 96 valence electrons. The van der Waals surface area contributed by atoms with Gasteiger partial charge in [-0.1, -0.05) is 6.92 Å². The zero-order valence-corrected chi connectivity index (χ0v) is 11.4. The van der Waals surface area contributed by atoms with E-state index in [2.05, 4.69) is 29.0 Å². The maximum absolute atomic E-state index is 5.76. The second kappa shape index (κ2) is 6.44. The lowest BCUT2D eigenvalue weighted by atomic mass is 10.2. The van der Waals surface area contributed by atoms with E-state index >= 15 is 0 Å². The monoisotopic (exact) mass is 255 g/mol. The highest BCUT2D eigenvalue weighted by Gasteiger charge is 2.20. The van der Waals surface area contributed by atoms with E-state index in [1.54, 1.807) is 11.3 Å². The zero-order valence-electron chi connectivity index (χ0n) is 10.6. The van der Waals surface area contributed by atoms with E-state index in [1.165, 1.54) is 0 Å². The first-order valence-electron chi connectivity index (χ1n) is 6.26. The van der Waals surface area contributed by atoms with E-state index in [1.807, 2.05) is 11.6 Å². The Balaban J connectivity index is 1.74. The van der Waals surface area contributed by atoms with E-state index in [0.717, 1.165) is 37.8 Å². The summed E-state index contributed by atoms with van der Waals surface area (Å²) in [6.45, 7) is 9.32. The van der Waals surface area contributed by atoms with Gasteiger partial charge in [-0.15, -0.1) is 11.3 Å². The Morgan fingerprint density at radius 1 is 1.71 bits per heavy atom. The molecule has 1 aliphatic rings. The second-order valence-corrected chi connectivity index (χ2v) is 5.31. The highest BCUT2D eigenvalue weighted by atomic mass is 32.1. The normalized spacial score (nSPS) is 23.8.